The van der Waals surface area contributed by atoms with Gasteiger partial charge in [0.05, 0.1) is 41.3 Å². The Morgan fingerprint density at radius 3 is 2.32 bits per heavy atom. The van der Waals surface area contributed by atoms with Crippen LogP contribution in [0.3, 0.4) is 0 Å². The van der Waals surface area contributed by atoms with Gasteiger partial charge in [-0.05, 0) is 83.6 Å². The Bertz CT molecular complexity index is 1360. The summed E-state index contributed by atoms with van der Waals surface area (Å²) in [7, 11) is 1.29. The van der Waals surface area contributed by atoms with E-state index in [1.807, 2.05) is 47.6 Å². The minimum Gasteiger partial charge on any atom is -0.469 e. The standard InChI is InChI=1S/C41H63ClO8/c1-23(2)28-20-31(43)26(5)12-10-11-24(3)18-32(44)29-19-27(6)37-30(41(29,22-33(28)45)38(47)49-9)17-25(4)13-14-36-40(8,50-36)16-15-35(42)39(7,48)21-34(37)46/h17,23-24,26,28-30,34-36,46,48H,10-16,18-22H2,1-9H3/b25-17-/t24-,26-,28+,29-,30-,34?,35+,36-,39+,40+,41+/m0/s1. The summed E-state index contributed by atoms with van der Waals surface area (Å²) >= 11 is 6.85. The second-order valence-corrected chi connectivity index (χ2v) is 17.9. The van der Waals surface area contributed by atoms with Crippen molar-refractivity contribution >= 4 is 34.9 Å². The Hall–Kier alpha value is -1.87. The van der Waals surface area contributed by atoms with Crippen molar-refractivity contribution in [1.82, 2.24) is 0 Å². The number of Topliss-reactive ketones (excluding diaryl/α,β-unsaturated/α-hetero) is 3. The fourth-order valence-electron chi connectivity index (χ4n) is 9.30. The lowest BCUT2D eigenvalue weighted by molar-refractivity contribution is -0.166. The molecule has 50 heavy (non-hydrogen) atoms. The van der Waals surface area contributed by atoms with E-state index in [2.05, 4.69) is 6.92 Å². The summed E-state index contributed by atoms with van der Waals surface area (Å²) in [5, 5.41) is 23.2. The lowest BCUT2D eigenvalue weighted by Gasteiger charge is -2.49. The average Bonchev–Trinajstić information content (AvgIpc) is 3.69. The molecule has 0 bridgehead atoms. The maximum Gasteiger partial charge on any atom is 0.313 e. The molecule has 4 aliphatic rings. The number of esters is 1. The highest BCUT2D eigenvalue weighted by molar-refractivity contribution is 6.21. The van der Waals surface area contributed by atoms with Gasteiger partial charge in [0.1, 0.15) is 17.3 Å². The molecule has 0 aromatic rings. The zero-order valence-corrected chi connectivity index (χ0v) is 32.7. The van der Waals surface area contributed by atoms with Crippen LogP contribution in [-0.2, 0) is 28.7 Å². The highest BCUT2D eigenvalue weighted by atomic mass is 35.5. The van der Waals surface area contributed by atoms with Crippen molar-refractivity contribution in [2.75, 3.05) is 7.11 Å². The van der Waals surface area contributed by atoms with Crippen molar-refractivity contribution in [3.63, 3.8) is 0 Å². The Balaban J connectivity index is 1.97. The summed E-state index contributed by atoms with van der Waals surface area (Å²) in [4.78, 5) is 57.5. The molecule has 1 saturated carbocycles. The van der Waals surface area contributed by atoms with E-state index in [1.165, 1.54) is 7.11 Å². The smallest absolute Gasteiger partial charge is 0.313 e. The third kappa shape index (κ3) is 8.66. The minimum atomic E-state index is -1.67. The van der Waals surface area contributed by atoms with Gasteiger partial charge in [-0.15, -0.1) is 11.6 Å². The van der Waals surface area contributed by atoms with Gasteiger partial charge in [0.2, 0.25) is 0 Å². The molecule has 4 rings (SSSR count). The van der Waals surface area contributed by atoms with E-state index < -0.39 is 46.2 Å². The van der Waals surface area contributed by atoms with Crippen LogP contribution in [0, 0.1) is 40.9 Å². The predicted octanol–water partition coefficient (Wildman–Crippen LogP) is 7.49. The van der Waals surface area contributed by atoms with Gasteiger partial charge in [0.25, 0.3) is 0 Å². The molecule has 0 aromatic heterocycles. The van der Waals surface area contributed by atoms with Gasteiger partial charge in [-0.1, -0.05) is 57.8 Å². The van der Waals surface area contributed by atoms with Crippen molar-refractivity contribution in [3.8, 4) is 0 Å². The number of aliphatic hydroxyl groups is 2. The molecular formula is C41H63ClO8. The van der Waals surface area contributed by atoms with E-state index in [-0.39, 0.29) is 78.9 Å². The molecule has 0 spiro atoms. The van der Waals surface area contributed by atoms with Gasteiger partial charge < -0.3 is 19.7 Å². The number of aliphatic hydroxyl groups excluding tert-OH is 1. The maximum atomic E-state index is 14.7. The van der Waals surface area contributed by atoms with E-state index in [9.17, 15) is 29.4 Å². The number of carbonyl (C=O) groups excluding carboxylic acids is 4. The average molecular weight is 719 g/mol. The summed E-state index contributed by atoms with van der Waals surface area (Å²) in [5.41, 5.74) is -1.24. The monoisotopic (exact) mass is 718 g/mol. The van der Waals surface area contributed by atoms with Gasteiger partial charge in [-0.2, -0.15) is 0 Å². The zero-order chi connectivity index (χ0) is 37.3. The van der Waals surface area contributed by atoms with E-state index in [0.717, 1.165) is 30.4 Å². The molecule has 282 valence electrons. The molecule has 9 heteroatoms. The molecule has 2 N–H and O–H groups in total. The fourth-order valence-corrected chi connectivity index (χ4v) is 9.50. The number of ether oxygens (including phenoxy) is 2. The number of halogens is 1. The predicted molar refractivity (Wildman–Crippen MR) is 195 cm³/mol. The molecule has 11 atom stereocenters. The van der Waals surface area contributed by atoms with Crippen LogP contribution in [0.15, 0.2) is 22.8 Å². The Kier molecular flexibility index (Phi) is 13.1. The molecule has 0 aromatic carbocycles. The van der Waals surface area contributed by atoms with E-state index in [4.69, 9.17) is 21.1 Å². The van der Waals surface area contributed by atoms with E-state index in [1.54, 1.807) is 6.92 Å². The number of methoxy groups -OCH3 is 1. The van der Waals surface area contributed by atoms with Gasteiger partial charge in [0.15, 0.2) is 0 Å². The number of carbonyl (C=O) groups is 4. The van der Waals surface area contributed by atoms with Crippen molar-refractivity contribution in [1.29, 1.82) is 0 Å². The van der Waals surface area contributed by atoms with Crippen LogP contribution in [0.2, 0.25) is 0 Å². The second kappa shape index (κ2) is 16.0. The topological polar surface area (TPSA) is 130 Å². The summed E-state index contributed by atoms with van der Waals surface area (Å²) < 4.78 is 11.7. The first-order valence-electron chi connectivity index (χ1n) is 19.0. The van der Waals surface area contributed by atoms with Crippen LogP contribution in [0.5, 0.6) is 0 Å². The molecule has 1 unspecified atom stereocenters. The van der Waals surface area contributed by atoms with E-state index >= 15 is 0 Å². The molecular weight excluding hydrogens is 656 g/mol. The van der Waals surface area contributed by atoms with Gasteiger partial charge in [-0.25, -0.2) is 0 Å². The molecule has 0 radical (unpaired) electrons. The maximum absolute atomic E-state index is 14.7. The third-order valence-electron chi connectivity index (χ3n) is 12.8. The molecule has 1 saturated heterocycles. The van der Waals surface area contributed by atoms with Crippen molar-refractivity contribution in [3.05, 3.63) is 22.8 Å². The Morgan fingerprint density at radius 2 is 1.68 bits per heavy atom. The molecule has 1 aliphatic heterocycles. The quantitative estimate of drug-likeness (QED) is 0.130. The summed E-state index contributed by atoms with van der Waals surface area (Å²) in [6.45, 7) is 15.3. The van der Waals surface area contributed by atoms with Crippen LogP contribution < -0.4 is 0 Å². The number of rotatable bonds is 2. The number of allylic oxidation sites excluding steroid dienone is 3. The Labute approximate surface area is 305 Å². The highest BCUT2D eigenvalue weighted by Gasteiger charge is 2.60. The first-order valence-corrected chi connectivity index (χ1v) is 19.5. The van der Waals surface area contributed by atoms with Crippen LogP contribution in [-0.4, -0.2) is 69.4 Å². The lowest BCUT2D eigenvalue weighted by Crippen LogP contribution is -2.55. The number of hydrogen-bond acceptors (Lipinski definition) is 8. The number of hydrogen-bond donors (Lipinski definition) is 2. The van der Waals surface area contributed by atoms with Crippen LogP contribution in [0.4, 0.5) is 0 Å². The van der Waals surface area contributed by atoms with Crippen LogP contribution >= 0.6 is 11.6 Å². The summed E-state index contributed by atoms with van der Waals surface area (Å²) in [6, 6.07) is 0. The SMILES string of the molecule is COC(=O)[C@]12CC(=O)[C@@H](C(C)C)CC(=O)[C@@H](C)CCC[C@H](C)CC(=O)[C@@H]1CC(C)=C1C(O)C[C@@](C)(O)[C@H](Cl)CC[C@@]3(C)O[C@H]3CC/C(C)=C\[C@@H]12. The largest absolute Gasteiger partial charge is 0.469 e. The zero-order valence-electron chi connectivity index (χ0n) is 32.0. The molecule has 3 aliphatic carbocycles. The number of alkyl halides is 1. The second-order valence-electron chi connectivity index (χ2n) is 17.3. The molecule has 2 fully saturated rings. The van der Waals surface area contributed by atoms with Gasteiger partial charge in [-0.3, -0.25) is 19.2 Å². The summed E-state index contributed by atoms with van der Waals surface area (Å²) in [6.07, 6.45) is 5.68. The fraction of sp³-hybridized carbons (Fsp3) is 0.805. The normalized spacial score (nSPS) is 42.7. The molecule has 0 amide bonds. The van der Waals surface area contributed by atoms with Crippen molar-refractivity contribution < 1.29 is 38.9 Å². The van der Waals surface area contributed by atoms with Crippen molar-refractivity contribution in [2.24, 2.45) is 40.9 Å². The van der Waals surface area contributed by atoms with E-state index in [0.29, 0.717) is 31.3 Å². The number of ketones is 3. The van der Waals surface area contributed by atoms with Crippen LogP contribution in [0.1, 0.15) is 132 Å². The Morgan fingerprint density at radius 1 is 1.00 bits per heavy atom. The highest BCUT2D eigenvalue weighted by Crippen LogP contribution is 2.56. The lowest BCUT2D eigenvalue weighted by atomic mass is 9.52. The first-order chi connectivity index (χ1) is 23.3. The number of epoxide rings is 1. The van der Waals surface area contributed by atoms with Gasteiger partial charge >= 0.3 is 5.97 Å². The molecule has 8 nitrogen and oxygen atoms in total. The molecule has 1 heterocycles. The summed E-state index contributed by atoms with van der Waals surface area (Å²) in [5.74, 6) is -3.73. The van der Waals surface area contributed by atoms with Gasteiger partial charge in [0, 0.05) is 49.4 Å². The minimum absolute atomic E-state index is 0.0170. The van der Waals surface area contributed by atoms with Crippen LogP contribution in [0.25, 0.3) is 0 Å². The van der Waals surface area contributed by atoms with Crippen molar-refractivity contribution in [2.45, 2.75) is 161 Å². The first kappa shape index (κ1) is 40.9. The number of fused-ring (bicyclic) bond motifs is 4. The third-order valence-corrected chi connectivity index (χ3v) is 13.5.